The summed E-state index contributed by atoms with van der Waals surface area (Å²) in [7, 11) is 0. The fraction of sp³-hybridized carbons (Fsp3) is 0.0556. The molecule has 0 unspecified atom stereocenters. The molecule has 0 aliphatic carbocycles. The van der Waals surface area contributed by atoms with Crippen LogP contribution in [0.15, 0.2) is 54.7 Å². The van der Waals surface area contributed by atoms with E-state index in [1.807, 2.05) is 12.1 Å². The summed E-state index contributed by atoms with van der Waals surface area (Å²) >= 11 is 5.43. The molecule has 2 aromatic carbocycles. The van der Waals surface area contributed by atoms with Gasteiger partial charge in [0.2, 0.25) is 5.82 Å². The zero-order valence-corrected chi connectivity index (χ0v) is 14.7. The van der Waals surface area contributed by atoms with Gasteiger partial charge < -0.3 is 0 Å². The summed E-state index contributed by atoms with van der Waals surface area (Å²) in [6, 6.07) is 15.5. The second-order valence-corrected chi connectivity index (χ2v) is 6.12. The van der Waals surface area contributed by atoms with Gasteiger partial charge in [0.15, 0.2) is 0 Å². The first kappa shape index (κ1) is 16.8. The maximum absolute atomic E-state index is 14.0. The molecule has 0 radical (unpaired) electrons. The summed E-state index contributed by atoms with van der Waals surface area (Å²) < 4.78 is 15.8. The molecule has 9 heteroatoms. The molecule has 0 saturated heterocycles. The molecule has 0 bridgehead atoms. The average Bonchev–Trinajstić information content (AvgIpc) is 3.29. The number of para-hydroxylation sites is 1. The minimum Gasteiger partial charge on any atom is -0.299 e. The molecule has 1 N–H and O–H groups in total. The van der Waals surface area contributed by atoms with Gasteiger partial charge in [-0.15, -0.1) is 10.2 Å². The van der Waals surface area contributed by atoms with Crippen molar-refractivity contribution in [2.45, 2.75) is 6.54 Å². The van der Waals surface area contributed by atoms with E-state index in [-0.39, 0.29) is 5.82 Å². The number of rotatable bonds is 4. The molecule has 7 nitrogen and oxygen atoms in total. The summed E-state index contributed by atoms with van der Waals surface area (Å²) in [5, 5.41) is 24.2. The highest BCUT2D eigenvalue weighted by atomic mass is 32.1. The first-order chi connectivity index (χ1) is 13.2. The van der Waals surface area contributed by atoms with Gasteiger partial charge in [-0.25, -0.2) is 9.07 Å². The lowest BCUT2D eigenvalue weighted by Gasteiger charge is -2.03. The molecule has 4 aromatic rings. The number of hydrogen-bond acceptors (Lipinski definition) is 5. The van der Waals surface area contributed by atoms with Crippen LogP contribution >= 0.6 is 12.2 Å². The van der Waals surface area contributed by atoms with Crippen LogP contribution in [-0.2, 0) is 6.54 Å². The van der Waals surface area contributed by atoms with Crippen molar-refractivity contribution >= 4 is 12.2 Å². The highest BCUT2D eigenvalue weighted by molar-refractivity contribution is 7.71. The van der Waals surface area contributed by atoms with E-state index < -0.39 is 0 Å². The van der Waals surface area contributed by atoms with Crippen molar-refractivity contribution in [2.75, 3.05) is 0 Å². The van der Waals surface area contributed by atoms with E-state index in [4.69, 9.17) is 17.5 Å². The normalized spacial score (nSPS) is 10.7. The molecule has 0 atom stereocenters. The lowest BCUT2D eigenvalue weighted by Crippen LogP contribution is -2.04. The highest BCUT2D eigenvalue weighted by Crippen LogP contribution is 2.20. The number of aromatic nitrogens is 6. The van der Waals surface area contributed by atoms with Gasteiger partial charge in [-0.3, -0.25) is 5.10 Å². The Balaban J connectivity index is 1.61. The largest absolute Gasteiger partial charge is 0.299 e. The van der Waals surface area contributed by atoms with E-state index in [1.165, 1.54) is 15.5 Å². The van der Waals surface area contributed by atoms with E-state index in [2.05, 4.69) is 26.6 Å². The number of aromatic amines is 1. The van der Waals surface area contributed by atoms with Crippen molar-refractivity contribution in [3.8, 4) is 23.1 Å². The third kappa shape index (κ3) is 3.26. The number of tetrazole rings is 1. The van der Waals surface area contributed by atoms with Gasteiger partial charge in [0.25, 0.3) is 0 Å². The number of nitriles is 1. The maximum atomic E-state index is 14.0. The summed E-state index contributed by atoms with van der Waals surface area (Å²) in [6.07, 6.45) is 1.62. The number of hydrogen-bond donors (Lipinski definition) is 1. The van der Waals surface area contributed by atoms with E-state index in [9.17, 15) is 4.39 Å². The Morgan fingerprint density at radius 3 is 2.67 bits per heavy atom. The second kappa shape index (κ2) is 6.93. The van der Waals surface area contributed by atoms with Crippen LogP contribution in [0.2, 0.25) is 0 Å². The molecule has 0 spiro atoms. The number of benzene rings is 2. The Bertz CT molecular complexity index is 1200. The van der Waals surface area contributed by atoms with Gasteiger partial charge in [-0.2, -0.15) is 10.1 Å². The van der Waals surface area contributed by atoms with Crippen LogP contribution in [0.1, 0.15) is 11.1 Å². The van der Waals surface area contributed by atoms with Gasteiger partial charge in [0.1, 0.15) is 10.5 Å². The number of H-pyrrole nitrogens is 1. The predicted octanol–water partition coefficient (Wildman–Crippen LogP) is 3.25. The Morgan fingerprint density at radius 1 is 1.15 bits per heavy atom. The molecule has 132 valence electrons. The minimum absolute atomic E-state index is 0.318. The molecule has 2 aromatic heterocycles. The summed E-state index contributed by atoms with van der Waals surface area (Å²) in [4.78, 5) is 1.44. The van der Waals surface area contributed by atoms with Crippen LogP contribution in [0.5, 0.6) is 0 Å². The Morgan fingerprint density at radius 2 is 1.93 bits per heavy atom. The predicted molar refractivity (Wildman–Crippen MR) is 98.0 cm³/mol. The topological polar surface area (TPSA) is 88.1 Å². The third-order valence-corrected chi connectivity index (χ3v) is 4.37. The smallest absolute Gasteiger partial charge is 0.209 e. The van der Waals surface area contributed by atoms with Gasteiger partial charge in [-0.1, -0.05) is 36.5 Å². The van der Waals surface area contributed by atoms with Crippen molar-refractivity contribution in [1.82, 2.24) is 30.0 Å². The molecular weight excluding hydrogens is 365 g/mol. The molecule has 0 aliphatic rings. The van der Waals surface area contributed by atoms with Crippen molar-refractivity contribution < 1.29 is 4.39 Å². The van der Waals surface area contributed by atoms with E-state index in [1.54, 1.807) is 36.5 Å². The van der Waals surface area contributed by atoms with Crippen molar-refractivity contribution in [3.05, 3.63) is 76.3 Å². The highest BCUT2D eigenvalue weighted by Gasteiger charge is 2.14. The lowest BCUT2D eigenvalue weighted by molar-refractivity contribution is 0.573. The molecule has 0 saturated carbocycles. The number of nitrogens with zero attached hydrogens (tertiary/aromatic N) is 6. The third-order valence-electron chi connectivity index (χ3n) is 3.97. The van der Waals surface area contributed by atoms with Crippen LogP contribution in [0, 0.1) is 21.8 Å². The van der Waals surface area contributed by atoms with E-state index in [0.29, 0.717) is 33.8 Å². The van der Waals surface area contributed by atoms with Crippen LogP contribution in [0.4, 0.5) is 4.39 Å². The fourth-order valence-electron chi connectivity index (χ4n) is 2.61. The molecular formula is C18H12FN7S. The first-order valence-corrected chi connectivity index (χ1v) is 8.39. The number of halogens is 1. The average molecular weight is 377 g/mol. The van der Waals surface area contributed by atoms with Crippen molar-refractivity contribution in [1.29, 1.82) is 5.26 Å². The van der Waals surface area contributed by atoms with Crippen molar-refractivity contribution in [3.63, 3.8) is 0 Å². The molecule has 4 rings (SSSR count). The first-order valence-electron chi connectivity index (χ1n) is 7.98. The Kier molecular flexibility index (Phi) is 4.32. The molecule has 0 aliphatic heterocycles. The lowest BCUT2D eigenvalue weighted by atomic mass is 10.1. The van der Waals surface area contributed by atoms with Crippen LogP contribution in [0.3, 0.4) is 0 Å². The standard InChI is InChI=1S/C18H12FN7S/c19-15-3-1-2-4-16(15)26-18(27)14(10-21-26)17-22-24-25(23-17)11-13-7-5-12(9-20)6-8-13/h1-8,10,21H,11H2. The molecule has 27 heavy (non-hydrogen) atoms. The minimum atomic E-state index is -0.389. The second-order valence-electron chi connectivity index (χ2n) is 5.73. The molecule has 2 heterocycles. The van der Waals surface area contributed by atoms with Crippen LogP contribution < -0.4 is 0 Å². The Hall–Kier alpha value is -3.64. The quantitative estimate of drug-likeness (QED) is 0.552. The molecule has 0 fully saturated rings. The van der Waals surface area contributed by atoms with E-state index in [0.717, 1.165) is 5.56 Å². The number of nitrogens with one attached hydrogen (secondary N) is 1. The summed E-state index contributed by atoms with van der Waals surface area (Å²) in [5.41, 5.74) is 2.40. The van der Waals surface area contributed by atoms with Crippen molar-refractivity contribution in [2.24, 2.45) is 0 Å². The maximum Gasteiger partial charge on any atom is 0.209 e. The van der Waals surface area contributed by atoms with Gasteiger partial charge in [0, 0.05) is 6.20 Å². The Labute approximate surface area is 158 Å². The van der Waals surface area contributed by atoms with E-state index >= 15 is 0 Å². The monoisotopic (exact) mass is 377 g/mol. The van der Waals surface area contributed by atoms with Crippen LogP contribution in [-0.4, -0.2) is 30.0 Å². The zero-order valence-electron chi connectivity index (χ0n) is 13.9. The van der Waals surface area contributed by atoms with Gasteiger partial charge in [0.05, 0.1) is 29.4 Å². The zero-order chi connectivity index (χ0) is 18.8. The SMILES string of the molecule is N#Cc1ccc(Cn2nnc(-c3c[nH]n(-c4ccccc4F)c3=S)n2)cc1. The summed E-state index contributed by atoms with van der Waals surface area (Å²) in [5.74, 6) is -0.0422. The molecule has 0 amide bonds. The van der Waals surface area contributed by atoms with Crippen LogP contribution in [0.25, 0.3) is 17.1 Å². The van der Waals surface area contributed by atoms with Gasteiger partial charge >= 0.3 is 0 Å². The van der Waals surface area contributed by atoms with Gasteiger partial charge in [-0.05, 0) is 35.0 Å². The summed E-state index contributed by atoms with van der Waals surface area (Å²) in [6.45, 7) is 0.406. The fourth-order valence-corrected chi connectivity index (χ4v) is 2.91.